The first-order valence-corrected chi connectivity index (χ1v) is 13.8. The molecule has 0 saturated heterocycles. The second-order valence-corrected chi connectivity index (χ2v) is 10.7. The molecule has 2 aliphatic rings. The zero-order chi connectivity index (χ0) is 26.6. The van der Waals surface area contributed by atoms with E-state index >= 15 is 0 Å². The summed E-state index contributed by atoms with van der Waals surface area (Å²) in [5.41, 5.74) is 1.78. The molecular formula is C26H22ClN5O4S2. The average Bonchev–Trinajstić information content (AvgIpc) is 3.54. The molecule has 1 unspecified atom stereocenters. The Morgan fingerprint density at radius 1 is 1.13 bits per heavy atom. The van der Waals surface area contributed by atoms with E-state index in [0.29, 0.717) is 45.3 Å². The van der Waals surface area contributed by atoms with Crippen LogP contribution in [0.4, 0.5) is 11.4 Å². The van der Waals surface area contributed by atoms with Crippen molar-refractivity contribution >= 4 is 74.8 Å². The van der Waals surface area contributed by atoms with E-state index in [2.05, 4.69) is 15.6 Å². The van der Waals surface area contributed by atoms with Crippen LogP contribution >= 0.6 is 34.7 Å². The first kappa shape index (κ1) is 26.0. The maximum absolute atomic E-state index is 13.0. The monoisotopic (exact) mass is 567 g/mol. The third-order valence-electron chi connectivity index (χ3n) is 5.79. The number of carbonyl (C=O) groups excluding carboxylic acids is 3. The standard InChI is InChI=1S/C26H22ClN5O4S2/c1-36-21-9-8-15(27)11-19(21)29-23(34)14-38-26-30-18-7-3-2-6-17(18)24-31-25(35)20(32(24)26)12-22(33)28-13-16-5-4-10-37-16/h2-11,20H,12-14H2,1H3,(H,28,33)(H,29,34). The number of amides is 3. The number of nitrogens with one attached hydrogen (secondary N) is 2. The van der Waals surface area contributed by atoms with E-state index in [1.807, 2.05) is 41.8 Å². The highest BCUT2D eigenvalue weighted by atomic mass is 35.5. The molecule has 38 heavy (non-hydrogen) atoms. The van der Waals surface area contributed by atoms with Gasteiger partial charge in [-0.3, -0.25) is 19.3 Å². The molecule has 1 atom stereocenters. The van der Waals surface area contributed by atoms with Gasteiger partial charge in [0.05, 0.1) is 37.2 Å². The summed E-state index contributed by atoms with van der Waals surface area (Å²) in [6.45, 7) is 0.386. The summed E-state index contributed by atoms with van der Waals surface area (Å²) >= 11 is 8.77. The average molecular weight is 568 g/mol. The molecule has 3 aromatic rings. The van der Waals surface area contributed by atoms with E-state index < -0.39 is 11.9 Å². The highest BCUT2D eigenvalue weighted by molar-refractivity contribution is 8.14. The number of hydrogen-bond acceptors (Lipinski definition) is 8. The number of thioether (sulfide) groups is 1. The van der Waals surface area contributed by atoms with Gasteiger partial charge in [0.1, 0.15) is 17.6 Å². The van der Waals surface area contributed by atoms with Crippen molar-refractivity contribution < 1.29 is 19.1 Å². The molecule has 1 aromatic heterocycles. The summed E-state index contributed by atoms with van der Waals surface area (Å²) < 4.78 is 5.30. The highest BCUT2D eigenvalue weighted by Crippen LogP contribution is 2.35. The molecule has 0 fully saturated rings. The van der Waals surface area contributed by atoms with E-state index in [1.54, 1.807) is 34.4 Å². The Morgan fingerprint density at radius 3 is 2.76 bits per heavy atom. The number of methoxy groups -OCH3 is 1. The van der Waals surface area contributed by atoms with Crippen molar-refractivity contribution in [3.63, 3.8) is 0 Å². The van der Waals surface area contributed by atoms with Gasteiger partial charge in [-0.15, -0.1) is 11.3 Å². The van der Waals surface area contributed by atoms with Crippen LogP contribution in [0.1, 0.15) is 16.9 Å². The number of fused-ring (bicyclic) bond motifs is 3. The molecular weight excluding hydrogens is 546 g/mol. The van der Waals surface area contributed by atoms with Crippen molar-refractivity contribution in [2.75, 3.05) is 18.2 Å². The lowest BCUT2D eigenvalue weighted by Gasteiger charge is -2.30. The number of para-hydroxylation sites is 1. The fraction of sp³-hybridized carbons (Fsp3) is 0.192. The number of carbonyl (C=O) groups is 3. The van der Waals surface area contributed by atoms with Crippen LogP contribution in [-0.4, -0.2) is 52.5 Å². The molecule has 3 amide bonds. The van der Waals surface area contributed by atoms with E-state index in [-0.39, 0.29) is 24.0 Å². The van der Waals surface area contributed by atoms with Crippen molar-refractivity contribution in [3.05, 3.63) is 75.4 Å². The Labute approximate surface area is 231 Å². The lowest BCUT2D eigenvalue weighted by molar-refractivity contribution is -0.126. The minimum atomic E-state index is -0.857. The number of nitrogens with zero attached hydrogens (tertiary/aromatic N) is 3. The molecule has 9 nitrogen and oxygen atoms in total. The summed E-state index contributed by atoms with van der Waals surface area (Å²) in [6, 6.07) is 15.2. The third kappa shape index (κ3) is 5.59. The summed E-state index contributed by atoms with van der Waals surface area (Å²) in [5, 5.41) is 8.47. The molecule has 0 aliphatic carbocycles. The summed E-state index contributed by atoms with van der Waals surface area (Å²) in [6.07, 6.45) is -0.0924. The van der Waals surface area contributed by atoms with Gasteiger partial charge < -0.3 is 15.4 Å². The minimum absolute atomic E-state index is 0.00800. The van der Waals surface area contributed by atoms with Crippen LogP contribution in [0.2, 0.25) is 5.02 Å². The van der Waals surface area contributed by atoms with E-state index in [9.17, 15) is 14.4 Å². The second-order valence-electron chi connectivity index (χ2n) is 8.31. The van der Waals surface area contributed by atoms with Crippen molar-refractivity contribution in [2.24, 2.45) is 9.98 Å². The Morgan fingerprint density at radius 2 is 1.97 bits per heavy atom. The molecule has 0 bridgehead atoms. The quantitative estimate of drug-likeness (QED) is 0.416. The SMILES string of the molecule is COc1ccc(Cl)cc1NC(=O)CSC1=Nc2ccccc2C2=NC(=O)C(CC(=O)NCc3cccs3)N12. The fourth-order valence-electron chi connectivity index (χ4n) is 4.04. The zero-order valence-electron chi connectivity index (χ0n) is 20.1. The van der Waals surface area contributed by atoms with Gasteiger partial charge in [-0.05, 0) is 41.8 Å². The third-order valence-corrected chi connectivity index (χ3v) is 7.86. The summed E-state index contributed by atoms with van der Waals surface area (Å²) in [7, 11) is 1.50. The molecule has 2 N–H and O–H groups in total. The zero-order valence-corrected chi connectivity index (χ0v) is 22.5. The maximum atomic E-state index is 13.0. The number of benzene rings is 2. The number of anilines is 1. The van der Waals surface area contributed by atoms with Gasteiger partial charge in [0.25, 0.3) is 5.91 Å². The number of ether oxygens (including phenoxy) is 1. The Kier molecular flexibility index (Phi) is 7.77. The molecule has 0 spiro atoms. The highest BCUT2D eigenvalue weighted by Gasteiger charge is 2.42. The molecule has 0 radical (unpaired) electrons. The molecule has 2 aliphatic heterocycles. The van der Waals surface area contributed by atoms with Crippen LogP contribution in [0, 0.1) is 0 Å². The second kappa shape index (κ2) is 11.4. The largest absolute Gasteiger partial charge is 0.495 e. The number of amidine groups is 2. The summed E-state index contributed by atoms with van der Waals surface area (Å²) in [4.78, 5) is 50.2. The molecule has 5 rings (SSSR count). The smallest absolute Gasteiger partial charge is 0.271 e. The van der Waals surface area contributed by atoms with Gasteiger partial charge >= 0.3 is 0 Å². The lowest BCUT2D eigenvalue weighted by Crippen LogP contribution is -2.46. The first-order valence-electron chi connectivity index (χ1n) is 11.6. The summed E-state index contributed by atoms with van der Waals surface area (Å²) in [5.74, 6) is -0.120. The molecule has 194 valence electrons. The Bertz CT molecular complexity index is 1460. The number of halogens is 1. The van der Waals surface area contributed by atoms with Gasteiger partial charge in [-0.1, -0.05) is 41.6 Å². The van der Waals surface area contributed by atoms with Gasteiger partial charge in [0.2, 0.25) is 11.8 Å². The predicted molar refractivity (Wildman–Crippen MR) is 151 cm³/mol. The molecule has 2 aromatic carbocycles. The van der Waals surface area contributed by atoms with Crippen molar-refractivity contribution in [1.82, 2.24) is 10.2 Å². The van der Waals surface area contributed by atoms with Crippen molar-refractivity contribution in [2.45, 2.75) is 19.0 Å². The van der Waals surface area contributed by atoms with Crippen LogP contribution < -0.4 is 15.4 Å². The predicted octanol–water partition coefficient (Wildman–Crippen LogP) is 4.45. The van der Waals surface area contributed by atoms with Crippen molar-refractivity contribution in [3.8, 4) is 5.75 Å². The van der Waals surface area contributed by atoms with E-state index in [0.717, 1.165) is 16.6 Å². The van der Waals surface area contributed by atoms with E-state index in [4.69, 9.17) is 21.3 Å². The van der Waals surface area contributed by atoms with Crippen LogP contribution in [0.3, 0.4) is 0 Å². The topological polar surface area (TPSA) is 112 Å². The van der Waals surface area contributed by atoms with Gasteiger partial charge in [-0.2, -0.15) is 4.99 Å². The molecule has 3 heterocycles. The van der Waals surface area contributed by atoms with Gasteiger partial charge in [0.15, 0.2) is 5.17 Å². The van der Waals surface area contributed by atoms with Crippen LogP contribution in [0.15, 0.2) is 70.0 Å². The van der Waals surface area contributed by atoms with Gasteiger partial charge in [0, 0.05) is 15.5 Å². The minimum Gasteiger partial charge on any atom is -0.495 e. The Balaban J connectivity index is 1.33. The van der Waals surface area contributed by atoms with Crippen LogP contribution in [0.5, 0.6) is 5.75 Å². The molecule has 0 saturated carbocycles. The van der Waals surface area contributed by atoms with Crippen LogP contribution in [0.25, 0.3) is 0 Å². The number of hydrogen-bond donors (Lipinski definition) is 2. The van der Waals surface area contributed by atoms with Crippen molar-refractivity contribution in [1.29, 1.82) is 0 Å². The fourth-order valence-corrected chi connectivity index (χ4v) is 5.71. The number of rotatable bonds is 8. The van der Waals surface area contributed by atoms with E-state index in [1.165, 1.54) is 7.11 Å². The number of thiophene rings is 1. The maximum Gasteiger partial charge on any atom is 0.271 e. The van der Waals surface area contributed by atoms with Crippen LogP contribution in [-0.2, 0) is 20.9 Å². The molecule has 12 heteroatoms. The first-order chi connectivity index (χ1) is 18.4. The lowest BCUT2D eigenvalue weighted by atomic mass is 10.1. The normalized spacial score (nSPS) is 15.8. The van der Waals surface area contributed by atoms with Gasteiger partial charge in [-0.25, -0.2) is 4.99 Å². The number of aliphatic imine (C=N–C) groups is 2. The Hall–Kier alpha value is -3.67.